The van der Waals surface area contributed by atoms with Gasteiger partial charge in [-0.1, -0.05) is 31.2 Å². The number of sulfonamides is 1. The lowest BCUT2D eigenvalue weighted by atomic mass is 10.1. The van der Waals surface area contributed by atoms with Crippen LogP contribution in [0.1, 0.15) is 28.4 Å². The zero-order valence-corrected chi connectivity index (χ0v) is 17.9. The van der Waals surface area contributed by atoms with E-state index in [0.29, 0.717) is 6.54 Å². The van der Waals surface area contributed by atoms with E-state index in [2.05, 4.69) is 6.92 Å². The first-order valence-corrected chi connectivity index (χ1v) is 10.6. The van der Waals surface area contributed by atoms with Gasteiger partial charge in [0.2, 0.25) is 10.0 Å². The van der Waals surface area contributed by atoms with E-state index >= 15 is 0 Å². The molecule has 0 aromatic heterocycles. The normalized spacial score (nSPS) is 11.3. The van der Waals surface area contributed by atoms with E-state index in [1.165, 1.54) is 48.8 Å². The third-order valence-electron chi connectivity index (χ3n) is 4.47. The lowest BCUT2D eigenvalue weighted by Gasteiger charge is -2.17. The molecule has 7 nitrogen and oxygen atoms in total. The minimum absolute atomic E-state index is 0.0731. The number of likely N-dealkylation sites (N-methyl/N-ethyl adjacent to an activating group) is 1. The van der Waals surface area contributed by atoms with Crippen molar-refractivity contribution in [3.63, 3.8) is 0 Å². The van der Waals surface area contributed by atoms with Gasteiger partial charge in [-0.25, -0.2) is 17.5 Å². The summed E-state index contributed by atoms with van der Waals surface area (Å²) >= 11 is 0. The van der Waals surface area contributed by atoms with Crippen molar-refractivity contribution in [3.8, 4) is 0 Å². The van der Waals surface area contributed by atoms with Gasteiger partial charge in [0.1, 0.15) is 0 Å². The minimum Gasteiger partial charge on any atom is -0.452 e. The van der Waals surface area contributed by atoms with Crippen LogP contribution in [-0.2, 0) is 32.5 Å². The van der Waals surface area contributed by atoms with Gasteiger partial charge in [0.25, 0.3) is 5.91 Å². The Kier molecular flexibility index (Phi) is 7.53. The van der Waals surface area contributed by atoms with Crippen LogP contribution < -0.4 is 0 Å². The van der Waals surface area contributed by atoms with E-state index in [1.807, 2.05) is 24.3 Å². The fourth-order valence-electron chi connectivity index (χ4n) is 2.54. The number of aryl methyl sites for hydroxylation is 1. The number of carbonyl (C=O) groups is 2. The van der Waals surface area contributed by atoms with Crippen LogP contribution in [0.3, 0.4) is 0 Å². The highest BCUT2D eigenvalue weighted by molar-refractivity contribution is 7.89. The summed E-state index contributed by atoms with van der Waals surface area (Å²) in [6, 6.07) is 13.4. The molecule has 0 N–H and O–H groups in total. The van der Waals surface area contributed by atoms with Crippen LogP contribution in [-0.4, -0.2) is 57.2 Å². The third kappa shape index (κ3) is 5.88. The number of carbonyl (C=O) groups excluding carboxylic acids is 2. The second-order valence-electron chi connectivity index (χ2n) is 6.81. The quantitative estimate of drug-likeness (QED) is 0.615. The first-order chi connectivity index (χ1) is 13.6. The number of hydrogen-bond donors (Lipinski definition) is 0. The van der Waals surface area contributed by atoms with Crippen LogP contribution in [0.5, 0.6) is 0 Å². The van der Waals surface area contributed by atoms with Gasteiger partial charge in [0.05, 0.1) is 10.5 Å². The highest BCUT2D eigenvalue weighted by Gasteiger charge is 2.18. The second kappa shape index (κ2) is 9.67. The molecule has 8 heteroatoms. The summed E-state index contributed by atoms with van der Waals surface area (Å²) in [6.45, 7) is 2.10. The van der Waals surface area contributed by atoms with Gasteiger partial charge in [-0.05, 0) is 41.8 Å². The van der Waals surface area contributed by atoms with E-state index in [-0.39, 0.29) is 23.0 Å². The van der Waals surface area contributed by atoms with Gasteiger partial charge < -0.3 is 9.64 Å². The maximum Gasteiger partial charge on any atom is 0.338 e. The van der Waals surface area contributed by atoms with Crippen LogP contribution in [0, 0.1) is 0 Å². The highest BCUT2D eigenvalue weighted by atomic mass is 32.2. The summed E-state index contributed by atoms with van der Waals surface area (Å²) in [6.07, 6.45) is 0.951. The predicted molar refractivity (Wildman–Crippen MR) is 110 cm³/mol. The molecule has 0 spiro atoms. The molecule has 29 heavy (non-hydrogen) atoms. The molecule has 0 radical (unpaired) electrons. The van der Waals surface area contributed by atoms with E-state index in [4.69, 9.17) is 4.74 Å². The molecular formula is C21H26N2O5S. The van der Waals surface area contributed by atoms with Crippen molar-refractivity contribution in [1.29, 1.82) is 0 Å². The van der Waals surface area contributed by atoms with Gasteiger partial charge >= 0.3 is 5.97 Å². The molecule has 0 aliphatic rings. The van der Waals surface area contributed by atoms with Crippen molar-refractivity contribution >= 4 is 21.9 Å². The summed E-state index contributed by atoms with van der Waals surface area (Å²) in [5, 5.41) is 0. The molecule has 2 aromatic rings. The zero-order valence-electron chi connectivity index (χ0n) is 17.1. The molecule has 0 bridgehead atoms. The standard InChI is InChI=1S/C21H26N2O5S/c1-5-16-6-8-17(9-7-16)14-23(4)20(24)15-28-21(25)18-10-12-19(13-11-18)29(26,27)22(2)3/h6-13H,5,14-15H2,1-4H3. The number of rotatable bonds is 8. The van der Waals surface area contributed by atoms with Crippen LogP contribution in [0.2, 0.25) is 0 Å². The van der Waals surface area contributed by atoms with Crippen molar-refractivity contribution in [2.24, 2.45) is 0 Å². The van der Waals surface area contributed by atoms with E-state index < -0.39 is 16.0 Å². The predicted octanol–water partition coefficient (Wildman–Crippen LogP) is 2.31. The van der Waals surface area contributed by atoms with E-state index in [0.717, 1.165) is 16.3 Å². The summed E-state index contributed by atoms with van der Waals surface area (Å²) in [4.78, 5) is 25.9. The van der Waals surface area contributed by atoms with Crippen molar-refractivity contribution in [2.75, 3.05) is 27.7 Å². The molecule has 156 valence electrons. The van der Waals surface area contributed by atoms with Gasteiger partial charge in [-0.3, -0.25) is 4.79 Å². The van der Waals surface area contributed by atoms with Crippen molar-refractivity contribution in [2.45, 2.75) is 24.8 Å². The molecule has 2 rings (SSSR count). The summed E-state index contributed by atoms with van der Waals surface area (Å²) in [7, 11) is 0.930. The zero-order chi connectivity index (χ0) is 21.6. The number of benzene rings is 2. The van der Waals surface area contributed by atoms with E-state index in [1.54, 1.807) is 7.05 Å². The molecule has 0 aliphatic carbocycles. The number of amides is 1. The molecule has 0 fully saturated rings. The van der Waals surface area contributed by atoms with Crippen LogP contribution >= 0.6 is 0 Å². The molecular weight excluding hydrogens is 392 g/mol. The molecule has 0 atom stereocenters. The number of hydrogen-bond acceptors (Lipinski definition) is 5. The Hall–Kier alpha value is -2.71. The van der Waals surface area contributed by atoms with Crippen molar-refractivity contribution in [3.05, 3.63) is 65.2 Å². The van der Waals surface area contributed by atoms with Crippen LogP contribution in [0.4, 0.5) is 0 Å². The Balaban J connectivity index is 1.91. The van der Waals surface area contributed by atoms with Crippen LogP contribution in [0.25, 0.3) is 0 Å². The van der Waals surface area contributed by atoms with Gasteiger partial charge in [0, 0.05) is 27.7 Å². The Bertz CT molecular complexity index is 952. The van der Waals surface area contributed by atoms with Gasteiger partial charge in [0.15, 0.2) is 6.61 Å². The van der Waals surface area contributed by atoms with Crippen molar-refractivity contribution in [1.82, 2.24) is 9.21 Å². The van der Waals surface area contributed by atoms with Crippen LogP contribution in [0.15, 0.2) is 53.4 Å². The monoisotopic (exact) mass is 418 g/mol. The largest absolute Gasteiger partial charge is 0.452 e. The lowest BCUT2D eigenvalue weighted by molar-refractivity contribution is -0.133. The average Bonchev–Trinajstić information content (AvgIpc) is 2.72. The molecule has 0 heterocycles. The maximum atomic E-state index is 12.2. The summed E-state index contributed by atoms with van der Waals surface area (Å²) in [5.41, 5.74) is 2.39. The fraction of sp³-hybridized carbons (Fsp3) is 0.333. The van der Waals surface area contributed by atoms with Crippen molar-refractivity contribution < 1.29 is 22.7 Å². The minimum atomic E-state index is -3.57. The topological polar surface area (TPSA) is 84.0 Å². The number of esters is 1. The molecule has 0 aliphatic heterocycles. The SMILES string of the molecule is CCc1ccc(CN(C)C(=O)COC(=O)c2ccc(S(=O)(=O)N(C)C)cc2)cc1. The molecule has 0 unspecified atom stereocenters. The second-order valence-corrected chi connectivity index (χ2v) is 8.96. The molecule has 1 amide bonds. The Labute approximate surface area is 171 Å². The van der Waals surface area contributed by atoms with Gasteiger partial charge in [-0.2, -0.15) is 0 Å². The lowest BCUT2D eigenvalue weighted by Crippen LogP contribution is -2.30. The Morgan fingerprint density at radius 3 is 1.97 bits per heavy atom. The average molecular weight is 419 g/mol. The fourth-order valence-corrected chi connectivity index (χ4v) is 3.44. The smallest absolute Gasteiger partial charge is 0.338 e. The highest BCUT2D eigenvalue weighted by Crippen LogP contribution is 2.14. The first kappa shape index (κ1) is 22.6. The third-order valence-corrected chi connectivity index (χ3v) is 6.30. The van der Waals surface area contributed by atoms with Gasteiger partial charge in [-0.15, -0.1) is 0 Å². The molecule has 2 aromatic carbocycles. The summed E-state index contributed by atoms with van der Waals surface area (Å²) < 4.78 is 30.3. The summed E-state index contributed by atoms with van der Waals surface area (Å²) in [5.74, 6) is -1.02. The Morgan fingerprint density at radius 2 is 1.45 bits per heavy atom. The van der Waals surface area contributed by atoms with E-state index in [9.17, 15) is 18.0 Å². The Morgan fingerprint density at radius 1 is 0.897 bits per heavy atom. The maximum absolute atomic E-state index is 12.2. The first-order valence-electron chi connectivity index (χ1n) is 9.16. The molecule has 0 saturated carbocycles. The number of nitrogens with zero attached hydrogens (tertiary/aromatic N) is 2. The molecule has 0 saturated heterocycles. The number of ether oxygens (including phenoxy) is 1.